The first kappa shape index (κ1) is 15.4. The van der Waals surface area contributed by atoms with Gasteiger partial charge in [-0.25, -0.2) is 0 Å². The van der Waals surface area contributed by atoms with Crippen LogP contribution in [0.25, 0.3) is 22.1 Å². The molecule has 0 unspecified atom stereocenters. The van der Waals surface area contributed by atoms with Gasteiger partial charge in [-0.15, -0.1) is 0 Å². The van der Waals surface area contributed by atoms with Gasteiger partial charge in [-0.3, -0.25) is 0 Å². The van der Waals surface area contributed by atoms with Crippen molar-refractivity contribution in [3.63, 3.8) is 0 Å². The summed E-state index contributed by atoms with van der Waals surface area (Å²) in [7, 11) is 0. The smallest absolute Gasteiger partial charge is 0.430 e. The Morgan fingerprint density at radius 3 is 2.60 bits per heavy atom. The van der Waals surface area contributed by atoms with Gasteiger partial charge in [-0.2, -0.15) is 9.31 Å². The molecule has 0 atom stereocenters. The topological polar surface area (TPSA) is 80.6 Å². The SMILES string of the molecule is Cc1ccc2c(c1OC(O)=[N+]1CCCC1)[n+](=O)c1ccccc1n2O. The summed E-state index contributed by atoms with van der Waals surface area (Å²) >= 11 is 0. The molecule has 7 nitrogen and oxygen atoms in total. The third-order valence-electron chi connectivity index (χ3n) is 4.64. The lowest BCUT2D eigenvalue weighted by molar-refractivity contribution is -0.522. The van der Waals surface area contributed by atoms with Crippen LogP contribution in [-0.2, 0) is 0 Å². The Kier molecular flexibility index (Phi) is 3.56. The number of aliphatic hydroxyl groups excluding tert-OH is 1. The molecule has 1 aliphatic heterocycles. The van der Waals surface area contributed by atoms with Crippen LogP contribution in [0.4, 0.5) is 0 Å². The van der Waals surface area contributed by atoms with Gasteiger partial charge in [0.15, 0.2) is 11.0 Å². The molecule has 1 saturated heterocycles. The van der Waals surface area contributed by atoms with Crippen LogP contribution in [0.3, 0.4) is 0 Å². The maximum Gasteiger partial charge on any atom is 0.552 e. The Hall–Kier alpha value is -3.09. The number of aromatic nitrogens is 2. The third kappa shape index (κ3) is 2.39. The minimum Gasteiger partial charge on any atom is -0.430 e. The number of rotatable bonds is 1. The normalized spacial score (nSPS) is 14.4. The second-order valence-electron chi connectivity index (χ2n) is 6.25. The number of fused-ring (bicyclic) bond motifs is 2. The van der Waals surface area contributed by atoms with E-state index in [4.69, 9.17) is 4.74 Å². The minimum atomic E-state index is -0.217. The molecule has 0 radical (unpaired) electrons. The summed E-state index contributed by atoms with van der Waals surface area (Å²) in [5, 5.41) is 20.8. The molecule has 3 aromatic rings. The van der Waals surface area contributed by atoms with E-state index in [0.717, 1.165) is 35.1 Å². The summed E-state index contributed by atoms with van der Waals surface area (Å²) < 4.78 is 9.12. The molecule has 0 bridgehead atoms. The molecule has 2 aromatic carbocycles. The Labute approximate surface area is 143 Å². The molecule has 0 saturated carbocycles. The van der Waals surface area contributed by atoms with Crippen molar-refractivity contribution >= 4 is 28.2 Å². The van der Waals surface area contributed by atoms with Gasteiger partial charge in [-0.1, -0.05) is 18.2 Å². The number of para-hydroxylation sites is 2. The molecule has 25 heavy (non-hydrogen) atoms. The fourth-order valence-electron chi connectivity index (χ4n) is 3.29. The van der Waals surface area contributed by atoms with Crippen LogP contribution in [0.15, 0.2) is 36.4 Å². The highest BCUT2D eigenvalue weighted by Gasteiger charge is 2.28. The molecule has 1 fully saturated rings. The lowest BCUT2D eigenvalue weighted by Gasteiger charge is -2.08. The predicted octanol–water partition coefficient (Wildman–Crippen LogP) is 2.35. The van der Waals surface area contributed by atoms with E-state index in [9.17, 15) is 15.2 Å². The standard InChI is InChI=1S/C18H18N3O4/c1-12-8-9-15-16(17(12)25-18(22)19-10-4-5-11-19)21(24)14-7-3-2-6-13(14)20(15)23/h2-3,6-9,23H,4-5,10-11H2,1H3/q+1/p+1. The maximum absolute atomic E-state index is 12.9. The van der Waals surface area contributed by atoms with Gasteiger partial charge in [0.05, 0.1) is 4.43 Å². The fourth-order valence-corrected chi connectivity index (χ4v) is 3.29. The maximum atomic E-state index is 12.9. The Bertz CT molecular complexity index is 1080. The van der Waals surface area contributed by atoms with Gasteiger partial charge in [0.1, 0.15) is 13.1 Å². The van der Waals surface area contributed by atoms with Gasteiger partial charge >= 0.3 is 11.6 Å². The molecule has 0 spiro atoms. The second-order valence-corrected chi connectivity index (χ2v) is 6.25. The highest BCUT2D eigenvalue weighted by Crippen LogP contribution is 2.28. The molecule has 0 amide bonds. The number of aryl methyl sites for hydroxylation is 1. The van der Waals surface area contributed by atoms with E-state index in [0.29, 0.717) is 22.1 Å². The van der Waals surface area contributed by atoms with E-state index < -0.39 is 0 Å². The first-order chi connectivity index (χ1) is 12.1. The van der Waals surface area contributed by atoms with E-state index in [-0.39, 0.29) is 17.4 Å². The summed E-state index contributed by atoms with van der Waals surface area (Å²) in [5.41, 5.74) is 1.88. The third-order valence-corrected chi connectivity index (χ3v) is 4.64. The van der Waals surface area contributed by atoms with E-state index in [2.05, 4.69) is 0 Å². The average molecular weight is 341 g/mol. The van der Waals surface area contributed by atoms with Crippen molar-refractivity contribution < 1.29 is 24.1 Å². The summed E-state index contributed by atoms with van der Waals surface area (Å²) in [4.78, 5) is 12.9. The van der Waals surface area contributed by atoms with Gasteiger partial charge in [0, 0.05) is 23.8 Å². The lowest BCUT2D eigenvalue weighted by Crippen LogP contribution is -2.26. The van der Waals surface area contributed by atoms with Crippen molar-refractivity contribution in [1.29, 1.82) is 0 Å². The van der Waals surface area contributed by atoms with E-state index in [1.807, 2.05) is 0 Å². The molecular weight excluding hydrogens is 322 g/mol. The van der Waals surface area contributed by atoms with Gasteiger partial charge in [-0.05, 0) is 24.6 Å². The molecular formula is C18H19N3O4+2. The van der Waals surface area contributed by atoms with Crippen molar-refractivity contribution in [2.45, 2.75) is 19.8 Å². The van der Waals surface area contributed by atoms with E-state index in [1.54, 1.807) is 47.9 Å². The number of hydrogen-bond acceptors (Lipinski definition) is 3. The highest BCUT2D eigenvalue weighted by atomic mass is 16.6. The van der Waals surface area contributed by atoms with Crippen LogP contribution in [0, 0.1) is 11.8 Å². The summed E-state index contributed by atoms with van der Waals surface area (Å²) in [6, 6.07) is 10.2. The van der Waals surface area contributed by atoms with Crippen LogP contribution in [0.1, 0.15) is 18.4 Å². The average Bonchev–Trinajstić information content (AvgIpc) is 3.16. The number of benzene rings is 2. The summed E-state index contributed by atoms with van der Waals surface area (Å²) in [6.07, 6.45) is 1.76. The Morgan fingerprint density at radius 1 is 1.12 bits per heavy atom. The monoisotopic (exact) mass is 341 g/mol. The van der Waals surface area contributed by atoms with Crippen LogP contribution in [-0.4, -0.2) is 38.8 Å². The largest absolute Gasteiger partial charge is 0.552 e. The quantitative estimate of drug-likeness (QED) is 0.308. The van der Waals surface area contributed by atoms with Gasteiger partial charge in [0.2, 0.25) is 5.75 Å². The van der Waals surface area contributed by atoms with E-state index >= 15 is 0 Å². The summed E-state index contributed by atoms with van der Waals surface area (Å²) in [5.74, 6) is 0.241. The zero-order valence-corrected chi connectivity index (χ0v) is 13.8. The molecule has 1 aliphatic rings. The fraction of sp³-hybridized carbons (Fsp3) is 0.278. The van der Waals surface area contributed by atoms with Crippen molar-refractivity contribution in [2.75, 3.05) is 13.1 Å². The number of aliphatic hydroxyl groups is 1. The van der Waals surface area contributed by atoms with Gasteiger partial charge < -0.3 is 15.1 Å². The van der Waals surface area contributed by atoms with Crippen molar-refractivity contribution in [3.05, 3.63) is 46.9 Å². The van der Waals surface area contributed by atoms with Crippen LogP contribution >= 0.6 is 0 Å². The number of hydrogen-bond donors (Lipinski definition) is 2. The zero-order valence-electron chi connectivity index (χ0n) is 13.8. The Morgan fingerprint density at radius 2 is 1.84 bits per heavy atom. The molecule has 2 heterocycles. The predicted molar refractivity (Wildman–Crippen MR) is 92.2 cm³/mol. The summed E-state index contributed by atoms with van der Waals surface area (Å²) in [6.45, 7) is 3.23. The highest BCUT2D eigenvalue weighted by molar-refractivity contribution is 5.87. The minimum absolute atomic E-state index is 0.173. The molecule has 7 heteroatoms. The second kappa shape index (κ2) is 5.77. The molecule has 4 rings (SSSR count). The Balaban J connectivity index is 2.02. The zero-order chi connectivity index (χ0) is 17.6. The molecule has 1 aromatic heterocycles. The molecule has 0 aliphatic carbocycles. The van der Waals surface area contributed by atoms with Crippen LogP contribution in [0.5, 0.6) is 5.75 Å². The first-order valence-electron chi connectivity index (χ1n) is 8.25. The number of ether oxygens (including phenoxy) is 1. The van der Waals surface area contributed by atoms with Gasteiger partial charge in [0.25, 0.3) is 5.52 Å². The first-order valence-corrected chi connectivity index (χ1v) is 8.25. The van der Waals surface area contributed by atoms with Crippen LogP contribution < -0.4 is 9.16 Å². The lowest BCUT2D eigenvalue weighted by atomic mass is 10.1. The van der Waals surface area contributed by atoms with Crippen molar-refractivity contribution in [3.8, 4) is 5.75 Å². The molecule has 128 valence electrons. The van der Waals surface area contributed by atoms with E-state index in [1.165, 1.54) is 0 Å². The van der Waals surface area contributed by atoms with Crippen LogP contribution in [0.2, 0.25) is 0 Å². The number of nitrogens with zero attached hydrogens (tertiary/aromatic N) is 3. The molecule has 2 N–H and O–H groups in total. The van der Waals surface area contributed by atoms with Crippen molar-refractivity contribution in [1.82, 2.24) is 4.73 Å². The van der Waals surface area contributed by atoms with Crippen molar-refractivity contribution in [2.24, 2.45) is 0 Å².